The Morgan fingerprint density at radius 3 is 1.46 bits per heavy atom. The second kappa shape index (κ2) is 10.9. The summed E-state index contributed by atoms with van der Waals surface area (Å²) < 4.78 is 66.8. The molecule has 2 heterocycles. The summed E-state index contributed by atoms with van der Waals surface area (Å²) in [6.07, 6.45) is 0. The Morgan fingerprint density at radius 2 is 0.917 bits per heavy atom. The van der Waals surface area contributed by atoms with E-state index in [1.807, 2.05) is 86.3 Å². The SMILES string of the molecule is [2H]C([2H])([2H])c1c(-c2ccc(C)c(-c3cccc4c3Oc3ccccc3[Si]4(C)C)c2C)ccc(C)c1-c1cccc2c1Oc1ccccc1[Si]2(C)C([2H])([2H])[2H]. The monoisotopic (exact) mass is 664 g/mol. The van der Waals surface area contributed by atoms with E-state index in [0.29, 0.717) is 38.6 Å². The van der Waals surface area contributed by atoms with Gasteiger partial charge in [-0.15, -0.1) is 0 Å². The molecule has 0 aromatic heterocycles. The van der Waals surface area contributed by atoms with Gasteiger partial charge in [-0.25, -0.2) is 0 Å². The van der Waals surface area contributed by atoms with E-state index in [1.165, 1.54) is 10.4 Å². The van der Waals surface area contributed by atoms with E-state index in [2.05, 4.69) is 63.3 Å². The molecule has 4 heteroatoms. The van der Waals surface area contributed by atoms with Crippen LogP contribution < -0.4 is 30.2 Å². The van der Waals surface area contributed by atoms with Gasteiger partial charge in [-0.1, -0.05) is 123 Å². The Balaban J connectivity index is 1.37. The standard InChI is InChI=1S/C44H42O2Si2/c1-27-23-25-31(29(3)41(27)33-15-13-21-39-43(33)45-35-17-9-11-19-37(35)47(39,5)6)32-26-24-28(2)42(30(32)4)34-16-14-22-40-44(34)46-36-18-10-12-20-38(36)48(40,7)8/h9-26H,1-8H3/i3D3,5D3. The van der Waals surface area contributed by atoms with Crippen LogP contribution in [0.1, 0.15) is 30.5 Å². The summed E-state index contributed by atoms with van der Waals surface area (Å²) in [4.78, 5) is 0. The van der Waals surface area contributed by atoms with Gasteiger partial charge in [-0.2, -0.15) is 0 Å². The maximum absolute atomic E-state index is 9.05. The van der Waals surface area contributed by atoms with Crippen molar-refractivity contribution in [2.75, 3.05) is 0 Å². The Morgan fingerprint density at radius 1 is 0.458 bits per heavy atom. The molecule has 1 unspecified atom stereocenters. The molecule has 0 bridgehead atoms. The summed E-state index contributed by atoms with van der Waals surface area (Å²) in [7, 11) is -5.48. The van der Waals surface area contributed by atoms with Gasteiger partial charge in [-0.05, 0) is 105 Å². The van der Waals surface area contributed by atoms with E-state index in [4.69, 9.17) is 17.7 Å². The maximum Gasteiger partial charge on any atom is 0.134 e. The van der Waals surface area contributed by atoms with Crippen LogP contribution in [-0.2, 0) is 0 Å². The van der Waals surface area contributed by atoms with Crippen molar-refractivity contribution >= 4 is 36.9 Å². The van der Waals surface area contributed by atoms with E-state index in [-0.39, 0.29) is 5.56 Å². The van der Waals surface area contributed by atoms with Crippen LogP contribution in [0, 0.1) is 27.6 Å². The zero-order valence-corrected chi connectivity index (χ0v) is 30.2. The molecular formula is C44H42O2Si2. The number of fused-ring (bicyclic) bond motifs is 4. The van der Waals surface area contributed by atoms with Gasteiger partial charge in [0.25, 0.3) is 0 Å². The van der Waals surface area contributed by atoms with Gasteiger partial charge in [0.1, 0.15) is 39.1 Å². The van der Waals surface area contributed by atoms with Crippen LogP contribution in [-0.4, -0.2) is 16.1 Å². The second-order valence-corrected chi connectivity index (χ2v) is 21.6. The normalized spacial score (nSPS) is 19.3. The first kappa shape index (κ1) is 24.5. The lowest BCUT2D eigenvalue weighted by Gasteiger charge is -2.34. The molecule has 6 aromatic carbocycles. The van der Waals surface area contributed by atoms with Gasteiger partial charge in [0.05, 0.1) is 0 Å². The lowest BCUT2D eigenvalue weighted by molar-refractivity contribution is 0.488. The molecule has 48 heavy (non-hydrogen) atoms. The molecule has 0 fully saturated rings. The molecular weight excluding hydrogens is 617 g/mol. The molecule has 2 aliphatic heterocycles. The van der Waals surface area contributed by atoms with Crippen LogP contribution in [0.2, 0.25) is 26.1 Å². The first-order valence-electron chi connectivity index (χ1n) is 19.5. The highest BCUT2D eigenvalue weighted by atomic mass is 28.3. The van der Waals surface area contributed by atoms with E-state index in [1.54, 1.807) is 0 Å². The highest BCUT2D eigenvalue weighted by Crippen LogP contribution is 2.45. The van der Waals surface area contributed by atoms with Crippen LogP contribution in [0.4, 0.5) is 0 Å². The fourth-order valence-electron chi connectivity index (χ4n) is 7.96. The lowest BCUT2D eigenvalue weighted by Crippen LogP contribution is -2.56. The fourth-order valence-corrected chi connectivity index (χ4v) is 13.2. The van der Waals surface area contributed by atoms with E-state index < -0.39 is 29.5 Å². The first-order valence-corrected chi connectivity index (χ1v) is 22.0. The zero-order chi connectivity index (χ0) is 38.5. The van der Waals surface area contributed by atoms with Gasteiger partial charge in [0.2, 0.25) is 0 Å². The highest BCUT2D eigenvalue weighted by Gasteiger charge is 2.39. The van der Waals surface area contributed by atoms with Crippen LogP contribution in [0.25, 0.3) is 33.4 Å². The molecule has 0 amide bonds. The number of aryl methyl sites for hydroxylation is 2. The number of benzene rings is 6. The van der Waals surface area contributed by atoms with Gasteiger partial charge in [0, 0.05) is 19.4 Å². The molecule has 2 aliphatic rings. The summed E-state index contributed by atoms with van der Waals surface area (Å²) in [5.74, 6) is 2.69. The van der Waals surface area contributed by atoms with Crippen molar-refractivity contribution in [2.24, 2.45) is 0 Å². The average Bonchev–Trinajstić information content (AvgIpc) is 3.11. The molecule has 0 radical (unpaired) electrons. The van der Waals surface area contributed by atoms with Gasteiger partial charge in [0.15, 0.2) is 0 Å². The van der Waals surface area contributed by atoms with Crippen molar-refractivity contribution in [1.82, 2.24) is 0 Å². The van der Waals surface area contributed by atoms with Crippen LogP contribution in [0.15, 0.2) is 109 Å². The second-order valence-electron chi connectivity index (χ2n) is 13.9. The van der Waals surface area contributed by atoms with Crippen LogP contribution in [0.5, 0.6) is 23.0 Å². The first-order chi connectivity index (χ1) is 25.5. The average molecular weight is 665 g/mol. The van der Waals surface area contributed by atoms with Crippen molar-refractivity contribution in [1.29, 1.82) is 0 Å². The van der Waals surface area contributed by atoms with E-state index >= 15 is 0 Å². The molecule has 0 N–H and O–H groups in total. The fraction of sp³-hybridized carbons (Fsp3) is 0.182. The molecule has 0 saturated heterocycles. The third kappa shape index (κ3) is 4.43. The molecule has 6 aromatic rings. The van der Waals surface area contributed by atoms with Crippen molar-refractivity contribution < 1.29 is 17.7 Å². The summed E-state index contributed by atoms with van der Waals surface area (Å²) in [5.41, 5.74) is 7.52. The minimum absolute atomic E-state index is 0.210. The summed E-state index contributed by atoms with van der Waals surface area (Å²) in [6, 6.07) is 35.6. The molecule has 8 rings (SSSR count). The van der Waals surface area contributed by atoms with Crippen molar-refractivity contribution in [3.63, 3.8) is 0 Å². The molecule has 238 valence electrons. The summed E-state index contributed by atoms with van der Waals surface area (Å²) in [5, 5.41) is 3.84. The number of hydrogen-bond acceptors (Lipinski definition) is 2. The van der Waals surface area contributed by atoms with Crippen LogP contribution in [0.3, 0.4) is 0 Å². The minimum Gasteiger partial charge on any atom is -0.457 e. The Bertz CT molecular complexity index is 2520. The Kier molecular flexibility index (Phi) is 5.58. The molecule has 0 saturated carbocycles. The van der Waals surface area contributed by atoms with Crippen molar-refractivity contribution in [3.05, 3.63) is 131 Å². The maximum atomic E-state index is 9.05. The van der Waals surface area contributed by atoms with E-state index in [9.17, 15) is 0 Å². The third-order valence-electron chi connectivity index (χ3n) is 10.6. The van der Waals surface area contributed by atoms with Gasteiger partial charge < -0.3 is 9.47 Å². The molecule has 1 atom stereocenters. The van der Waals surface area contributed by atoms with Crippen LogP contribution >= 0.6 is 0 Å². The Labute approximate surface area is 295 Å². The summed E-state index contributed by atoms with van der Waals surface area (Å²) in [6.45, 7) is 7.85. The smallest absolute Gasteiger partial charge is 0.134 e. The lowest BCUT2D eigenvalue weighted by atomic mass is 9.84. The van der Waals surface area contributed by atoms with Crippen molar-refractivity contribution in [2.45, 2.75) is 53.7 Å². The predicted molar refractivity (Wildman–Crippen MR) is 208 cm³/mol. The quantitative estimate of drug-likeness (QED) is 0.175. The number of para-hydroxylation sites is 4. The largest absolute Gasteiger partial charge is 0.457 e. The zero-order valence-electron chi connectivity index (χ0n) is 34.2. The number of rotatable bonds is 3. The topological polar surface area (TPSA) is 18.5 Å². The Hall–Kier alpha value is -4.65. The molecule has 2 nitrogen and oxygen atoms in total. The molecule has 0 spiro atoms. The number of hydrogen-bond donors (Lipinski definition) is 0. The third-order valence-corrected chi connectivity index (χ3v) is 17.0. The highest BCUT2D eigenvalue weighted by molar-refractivity contribution is 7.02. The van der Waals surface area contributed by atoms with Gasteiger partial charge in [-0.3, -0.25) is 0 Å². The van der Waals surface area contributed by atoms with Gasteiger partial charge >= 0.3 is 0 Å². The summed E-state index contributed by atoms with van der Waals surface area (Å²) >= 11 is 0. The van der Waals surface area contributed by atoms with E-state index in [0.717, 1.165) is 44.9 Å². The predicted octanol–water partition coefficient (Wildman–Crippen LogP) is 9.78. The van der Waals surface area contributed by atoms with Crippen molar-refractivity contribution in [3.8, 4) is 56.4 Å². The molecule has 0 aliphatic carbocycles. The number of ether oxygens (including phenoxy) is 2. The minimum atomic E-state index is -3.38.